The van der Waals surface area contributed by atoms with Crippen molar-refractivity contribution in [2.75, 3.05) is 5.32 Å². The van der Waals surface area contributed by atoms with Gasteiger partial charge in [-0.25, -0.2) is 13.8 Å². The van der Waals surface area contributed by atoms with Crippen LogP contribution in [0.1, 0.15) is 36.0 Å². The Morgan fingerprint density at radius 3 is 2.48 bits per heavy atom. The number of rotatable bonds is 5. The molecule has 1 aliphatic rings. The zero-order valence-electron chi connectivity index (χ0n) is 16.5. The summed E-state index contributed by atoms with van der Waals surface area (Å²) in [6, 6.07) is 7.51. The van der Waals surface area contributed by atoms with Crippen molar-refractivity contribution >= 4 is 28.5 Å². The van der Waals surface area contributed by atoms with Crippen LogP contribution in [-0.2, 0) is 11.3 Å². The Bertz CT molecular complexity index is 1200. The van der Waals surface area contributed by atoms with Crippen molar-refractivity contribution < 1.29 is 18.4 Å². The van der Waals surface area contributed by atoms with E-state index in [-0.39, 0.29) is 24.2 Å². The van der Waals surface area contributed by atoms with Crippen molar-refractivity contribution in [2.24, 2.45) is 0 Å². The Kier molecular flexibility index (Phi) is 5.75. The van der Waals surface area contributed by atoms with Gasteiger partial charge in [0.1, 0.15) is 18.2 Å². The Morgan fingerprint density at radius 2 is 1.77 bits per heavy atom. The zero-order chi connectivity index (χ0) is 22.0. The van der Waals surface area contributed by atoms with Crippen molar-refractivity contribution in [2.45, 2.75) is 38.3 Å². The molecule has 1 saturated carbocycles. The number of aromatic nitrogens is 2. The molecule has 2 aromatic carbocycles. The monoisotopic (exact) mass is 426 g/mol. The van der Waals surface area contributed by atoms with E-state index in [1.807, 2.05) is 0 Å². The number of nitrogens with one attached hydrogen (secondary N) is 2. The van der Waals surface area contributed by atoms with Gasteiger partial charge in [-0.05, 0) is 43.2 Å². The van der Waals surface area contributed by atoms with E-state index in [0.717, 1.165) is 44.0 Å². The number of amides is 2. The van der Waals surface area contributed by atoms with Gasteiger partial charge in [-0.2, -0.15) is 0 Å². The summed E-state index contributed by atoms with van der Waals surface area (Å²) in [4.78, 5) is 41.3. The van der Waals surface area contributed by atoms with Gasteiger partial charge in [0, 0.05) is 23.4 Å². The fourth-order valence-corrected chi connectivity index (χ4v) is 3.78. The minimum Gasteiger partial charge on any atom is -0.349 e. The number of anilines is 1. The van der Waals surface area contributed by atoms with Gasteiger partial charge in [-0.15, -0.1) is 0 Å². The number of hydrogen-bond donors (Lipinski definition) is 2. The molecule has 1 fully saturated rings. The molecule has 9 heteroatoms. The lowest BCUT2D eigenvalue weighted by molar-refractivity contribution is -0.116. The molecular weight excluding hydrogens is 406 g/mol. The average Bonchev–Trinajstić information content (AvgIpc) is 3.22. The second-order valence-corrected chi connectivity index (χ2v) is 7.55. The molecular formula is C22H20F2N4O3. The maximum atomic E-state index is 13.3. The van der Waals surface area contributed by atoms with Gasteiger partial charge in [0.2, 0.25) is 5.91 Å². The van der Waals surface area contributed by atoms with E-state index >= 15 is 0 Å². The largest absolute Gasteiger partial charge is 0.349 e. The predicted molar refractivity (Wildman–Crippen MR) is 111 cm³/mol. The van der Waals surface area contributed by atoms with Gasteiger partial charge < -0.3 is 10.6 Å². The summed E-state index contributed by atoms with van der Waals surface area (Å²) in [5.74, 6) is -2.50. The van der Waals surface area contributed by atoms with Crippen molar-refractivity contribution in [3.05, 3.63) is 70.1 Å². The Morgan fingerprint density at radius 1 is 1.06 bits per heavy atom. The summed E-state index contributed by atoms with van der Waals surface area (Å²) in [7, 11) is 0. The van der Waals surface area contributed by atoms with Gasteiger partial charge in [-0.3, -0.25) is 19.0 Å². The molecule has 3 aromatic rings. The molecule has 0 unspecified atom stereocenters. The molecule has 1 heterocycles. The van der Waals surface area contributed by atoms with Gasteiger partial charge in [0.15, 0.2) is 0 Å². The van der Waals surface area contributed by atoms with Crippen molar-refractivity contribution in [3.63, 3.8) is 0 Å². The van der Waals surface area contributed by atoms with E-state index in [4.69, 9.17) is 0 Å². The number of benzene rings is 2. The van der Waals surface area contributed by atoms with Crippen LogP contribution >= 0.6 is 0 Å². The Hall–Kier alpha value is -3.62. The van der Waals surface area contributed by atoms with E-state index in [0.29, 0.717) is 22.7 Å². The average molecular weight is 426 g/mol. The van der Waals surface area contributed by atoms with Crippen LogP contribution in [-0.4, -0.2) is 27.4 Å². The minimum atomic E-state index is -0.828. The first-order chi connectivity index (χ1) is 14.9. The van der Waals surface area contributed by atoms with Crippen LogP contribution < -0.4 is 16.2 Å². The smallest absolute Gasteiger partial charge is 0.269 e. The van der Waals surface area contributed by atoms with Crippen LogP contribution in [0.3, 0.4) is 0 Å². The molecule has 0 radical (unpaired) electrons. The molecule has 7 nitrogen and oxygen atoms in total. The maximum Gasteiger partial charge on any atom is 0.269 e. The molecule has 2 amide bonds. The summed E-state index contributed by atoms with van der Waals surface area (Å²) in [6.07, 6.45) is 5.18. The third-order valence-corrected chi connectivity index (χ3v) is 5.25. The number of hydrogen-bond acceptors (Lipinski definition) is 4. The highest BCUT2D eigenvalue weighted by Gasteiger charge is 2.19. The summed E-state index contributed by atoms with van der Waals surface area (Å²) >= 11 is 0. The summed E-state index contributed by atoms with van der Waals surface area (Å²) in [5, 5.41) is 5.36. The molecule has 31 heavy (non-hydrogen) atoms. The van der Waals surface area contributed by atoms with Crippen LogP contribution in [0.4, 0.5) is 14.5 Å². The molecule has 0 aliphatic heterocycles. The fourth-order valence-electron chi connectivity index (χ4n) is 3.78. The third kappa shape index (κ3) is 4.76. The number of carbonyl (C=O) groups is 2. The van der Waals surface area contributed by atoms with Crippen LogP contribution in [0.5, 0.6) is 0 Å². The van der Waals surface area contributed by atoms with Gasteiger partial charge in [0.05, 0.1) is 17.2 Å². The zero-order valence-corrected chi connectivity index (χ0v) is 16.5. The van der Waals surface area contributed by atoms with E-state index in [9.17, 15) is 23.2 Å². The topological polar surface area (TPSA) is 93.1 Å². The number of fused-ring (bicyclic) bond motifs is 1. The summed E-state index contributed by atoms with van der Waals surface area (Å²) in [5.41, 5.74) is 0.585. The normalized spacial score (nSPS) is 14.0. The highest BCUT2D eigenvalue weighted by Crippen LogP contribution is 2.19. The standard InChI is InChI=1S/C22H20F2N4O3/c23-14-8-15(24)10-17(9-14)26-20(29)12-28-19-6-5-13(7-18(19)25-11-21(28)30)22(31)27-16-3-1-2-4-16/h5-11,16H,1-4,12H2,(H,26,29)(H,27,31). The molecule has 0 saturated heterocycles. The second-order valence-electron chi connectivity index (χ2n) is 7.55. The Balaban J connectivity index is 1.55. The third-order valence-electron chi connectivity index (χ3n) is 5.25. The number of halogens is 2. The first-order valence-corrected chi connectivity index (χ1v) is 9.95. The fraction of sp³-hybridized carbons (Fsp3) is 0.273. The lowest BCUT2D eigenvalue weighted by atomic mass is 10.1. The first kappa shape index (κ1) is 20.6. The van der Waals surface area contributed by atoms with Crippen LogP contribution in [0.25, 0.3) is 11.0 Å². The number of nitrogens with zero attached hydrogens (tertiary/aromatic N) is 2. The molecule has 0 atom stereocenters. The molecule has 4 rings (SSSR count). The highest BCUT2D eigenvalue weighted by atomic mass is 19.1. The van der Waals surface area contributed by atoms with Crippen LogP contribution in [0, 0.1) is 11.6 Å². The summed E-state index contributed by atoms with van der Waals surface area (Å²) in [6.45, 7) is -0.385. The molecule has 160 valence electrons. The van der Waals surface area contributed by atoms with E-state index < -0.39 is 23.1 Å². The minimum absolute atomic E-state index is 0.0558. The summed E-state index contributed by atoms with van der Waals surface area (Å²) < 4.78 is 27.8. The van der Waals surface area contributed by atoms with E-state index in [2.05, 4.69) is 15.6 Å². The molecule has 2 N–H and O–H groups in total. The van der Waals surface area contributed by atoms with Gasteiger partial charge >= 0.3 is 0 Å². The van der Waals surface area contributed by atoms with Crippen LogP contribution in [0.2, 0.25) is 0 Å². The van der Waals surface area contributed by atoms with E-state index in [1.54, 1.807) is 18.2 Å². The lowest BCUT2D eigenvalue weighted by Crippen LogP contribution is -2.32. The SMILES string of the molecule is O=C(Cn1c(=O)cnc2cc(C(=O)NC3CCCC3)ccc21)Nc1cc(F)cc(F)c1. The molecule has 1 aromatic heterocycles. The van der Waals surface area contributed by atoms with Crippen molar-refractivity contribution in [1.29, 1.82) is 0 Å². The van der Waals surface area contributed by atoms with E-state index in [1.165, 1.54) is 4.57 Å². The van der Waals surface area contributed by atoms with Crippen molar-refractivity contribution in [3.8, 4) is 0 Å². The Labute approximate surface area is 176 Å². The molecule has 0 spiro atoms. The quantitative estimate of drug-likeness (QED) is 0.656. The predicted octanol–water partition coefficient (Wildman–Crippen LogP) is 2.99. The van der Waals surface area contributed by atoms with Gasteiger partial charge in [0.25, 0.3) is 11.5 Å². The highest BCUT2D eigenvalue weighted by molar-refractivity contribution is 5.98. The second kappa shape index (κ2) is 8.63. The lowest BCUT2D eigenvalue weighted by Gasteiger charge is -2.13. The number of carbonyl (C=O) groups excluding carboxylic acids is 2. The van der Waals surface area contributed by atoms with Gasteiger partial charge in [-0.1, -0.05) is 12.8 Å². The van der Waals surface area contributed by atoms with Crippen LogP contribution in [0.15, 0.2) is 47.4 Å². The van der Waals surface area contributed by atoms with Crippen molar-refractivity contribution in [1.82, 2.24) is 14.9 Å². The first-order valence-electron chi connectivity index (χ1n) is 9.95. The molecule has 0 bridgehead atoms. The maximum absolute atomic E-state index is 13.3. The molecule has 1 aliphatic carbocycles.